The lowest BCUT2D eigenvalue weighted by Crippen LogP contribution is -2.36. The molecule has 0 saturated heterocycles. The number of nitrogens with zero attached hydrogens (tertiary/aromatic N) is 2. The highest BCUT2D eigenvalue weighted by molar-refractivity contribution is 5.93. The maximum Gasteiger partial charge on any atom is 0.333 e. The fourth-order valence-electron chi connectivity index (χ4n) is 1.87. The van der Waals surface area contributed by atoms with E-state index in [0.29, 0.717) is 5.69 Å². The lowest BCUT2D eigenvalue weighted by Gasteiger charge is -2.14. The maximum absolute atomic E-state index is 12.2. The van der Waals surface area contributed by atoms with Crippen molar-refractivity contribution in [1.82, 2.24) is 9.55 Å². The Labute approximate surface area is 115 Å². The first-order chi connectivity index (χ1) is 9.41. The minimum atomic E-state index is -0.614. The quantitative estimate of drug-likeness (QED) is 0.839. The van der Waals surface area contributed by atoms with E-state index in [0.717, 1.165) is 16.5 Å². The van der Waals surface area contributed by atoms with Crippen LogP contribution in [-0.4, -0.2) is 29.4 Å². The second kappa shape index (κ2) is 5.16. The molecule has 0 bridgehead atoms. The summed E-state index contributed by atoms with van der Waals surface area (Å²) in [5, 5.41) is 0. The Morgan fingerprint density at radius 3 is 2.55 bits per heavy atom. The third-order valence-corrected chi connectivity index (χ3v) is 2.96. The summed E-state index contributed by atoms with van der Waals surface area (Å²) >= 11 is 0. The van der Waals surface area contributed by atoms with Gasteiger partial charge >= 0.3 is 5.69 Å². The number of aromatic nitrogens is 2. The number of hydrogen-bond donors (Lipinski definition) is 1. The normalized spacial score (nSPS) is 10.3. The molecule has 1 aromatic heterocycles. The minimum absolute atomic E-state index is 0.0418. The molecule has 0 spiro atoms. The van der Waals surface area contributed by atoms with E-state index in [-0.39, 0.29) is 11.3 Å². The van der Waals surface area contributed by atoms with E-state index in [1.165, 1.54) is 6.92 Å². The number of Topliss-reactive ketones (excluding diaryl/α,β-unsaturated/α-hetero) is 1. The number of aromatic amines is 1. The van der Waals surface area contributed by atoms with Gasteiger partial charge in [0.15, 0.2) is 5.78 Å². The predicted octanol–water partition coefficient (Wildman–Crippen LogP) is 0.794. The van der Waals surface area contributed by atoms with Crippen LogP contribution >= 0.6 is 0 Å². The topological polar surface area (TPSA) is 75.2 Å². The van der Waals surface area contributed by atoms with Crippen LogP contribution in [0.25, 0.3) is 5.69 Å². The van der Waals surface area contributed by atoms with E-state index in [1.54, 1.807) is 18.2 Å². The minimum Gasteiger partial charge on any atom is -0.378 e. The Bertz CT molecular complexity index is 772. The number of benzene rings is 1. The molecule has 0 amide bonds. The molecule has 2 rings (SSSR count). The molecule has 0 aliphatic rings. The number of anilines is 1. The number of rotatable bonds is 3. The van der Waals surface area contributed by atoms with Crippen molar-refractivity contribution in [1.29, 1.82) is 0 Å². The van der Waals surface area contributed by atoms with Gasteiger partial charge in [-0.1, -0.05) is 6.07 Å². The highest BCUT2D eigenvalue weighted by Gasteiger charge is 2.12. The van der Waals surface area contributed by atoms with Crippen LogP contribution in [-0.2, 0) is 0 Å². The van der Waals surface area contributed by atoms with E-state index in [2.05, 4.69) is 4.98 Å². The van der Waals surface area contributed by atoms with Crippen molar-refractivity contribution in [3.8, 4) is 5.69 Å². The fourth-order valence-corrected chi connectivity index (χ4v) is 1.87. The van der Waals surface area contributed by atoms with Crippen molar-refractivity contribution in [2.75, 3.05) is 19.0 Å². The van der Waals surface area contributed by atoms with E-state index >= 15 is 0 Å². The zero-order chi connectivity index (χ0) is 14.9. The van der Waals surface area contributed by atoms with Crippen LogP contribution in [0.15, 0.2) is 40.1 Å². The van der Waals surface area contributed by atoms with Gasteiger partial charge < -0.3 is 9.88 Å². The Hall–Kier alpha value is -2.63. The molecular formula is C14H15N3O3. The lowest BCUT2D eigenvalue weighted by atomic mass is 10.2. The second-order valence-electron chi connectivity index (χ2n) is 4.62. The summed E-state index contributed by atoms with van der Waals surface area (Å²) in [6.07, 6.45) is 1.15. The number of carbonyl (C=O) groups is 1. The van der Waals surface area contributed by atoms with Crippen LogP contribution in [0.2, 0.25) is 0 Å². The van der Waals surface area contributed by atoms with Gasteiger partial charge in [0, 0.05) is 26.0 Å². The molecule has 0 aliphatic heterocycles. The van der Waals surface area contributed by atoms with Crippen molar-refractivity contribution in [3.63, 3.8) is 0 Å². The molecular weight excluding hydrogens is 258 g/mol. The van der Waals surface area contributed by atoms with Crippen LogP contribution in [0.4, 0.5) is 5.69 Å². The monoisotopic (exact) mass is 273 g/mol. The largest absolute Gasteiger partial charge is 0.378 e. The molecule has 0 unspecified atom stereocenters. The Kier molecular flexibility index (Phi) is 3.56. The third-order valence-electron chi connectivity index (χ3n) is 2.96. The van der Waals surface area contributed by atoms with Gasteiger partial charge in [-0.25, -0.2) is 9.36 Å². The van der Waals surface area contributed by atoms with Crippen molar-refractivity contribution in [3.05, 3.63) is 56.9 Å². The Balaban J connectivity index is 2.73. The van der Waals surface area contributed by atoms with Crippen molar-refractivity contribution >= 4 is 11.5 Å². The summed E-state index contributed by atoms with van der Waals surface area (Å²) in [7, 11) is 3.72. The van der Waals surface area contributed by atoms with E-state index in [4.69, 9.17) is 0 Å². The first-order valence-electron chi connectivity index (χ1n) is 6.05. The standard InChI is InChI=1S/C14H15N3O3/c1-9(18)12-8-15-14(20)17(13(12)19)11-6-4-5-10(7-11)16(2)3/h4-8H,1-3H3,(H,15,20). The van der Waals surface area contributed by atoms with Crippen molar-refractivity contribution < 1.29 is 4.79 Å². The second-order valence-corrected chi connectivity index (χ2v) is 4.62. The van der Waals surface area contributed by atoms with Crippen LogP contribution < -0.4 is 16.1 Å². The summed E-state index contributed by atoms with van der Waals surface area (Å²) in [5.41, 5.74) is 0.0421. The average Bonchev–Trinajstić information content (AvgIpc) is 2.38. The molecule has 1 N–H and O–H groups in total. The molecule has 0 radical (unpaired) electrons. The van der Waals surface area contributed by atoms with Crippen LogP contribution in [0, 0.1) is 0 Å². The molecule has 20 heavy (non-hydrogen) atoms. The highest BCUT2D eigenvalue weighted by Crippen LogP contribution is 2.14. The number of H-pyrrole nitrogens is 1. The van der Waals surface area contributed by atoms with Crippen LogP contribution in [0.5, 0.6) is 0 Å². The highest BCUT2D eigenvalue weighted by atomic mass is 16.2. The van der Waals surface area contributed by atoms with E-state index < -0.39 is 11.2 Å². The van der Waals surface area contributed by atoms with Gasteiger partial charge in [-0.2, -0.15) is 0 Å². The number of hydrogen-bond acceptors (Lipinski definition) is 4. The molecule has 104 valence electrons. The van der Waals surface area contributed by atoms with Gasteiger partial charge in [-0.15, -0.1) is 0 Å². The molecule has 1 aromatic carbocycles. The van der Waals surface area contributed by atoms with Gasteiger partial charge in [0.25, 0.3) is 5.56 Å². The first-order valence-corrected chi connectivity index (χ1v) is 6.05. The predicted molar refractivity (Wildman–Crippen MR) is 77.0 cm³/mol. The van der Waals surface area contributed by atoms with Gasteiger partial charge in [0.1, 0.15) is 0 Å². The zero-order valence-corrected chi connectivity index (χ0v) is 11.5. The summed E-state index contributed by atoms with van der Waals surface area (Å²) in [6, 6.07) is 6.96. The summed E-state index contributed by atoms with van der Waals surface area (Å²) in [6.45, 7) is 1.29. The average molecular weight is 273 g/mol. The molecule has 0 aliphatic carbocycles. The first kappa shape index (κ1) is 13.8. The lowest BCUT2D eigenvalue weighted by molar-refractivity contribution is 0.101. The van der Waals surface area contributed by atoms with Crippen molar-refractivity contribution in [2.45, 2.75) is 6.92 Å². The van der Waals surface area contributed by atoms with Crippen molar-refractivity contribution in [2.24, 2.45) is 0 Å². The van der Waals surface area contributed by atoms with E-state index in [1.807, 2.05) is 25.1 Å². The smallest absolute Gasteiger partial charge is 0.333 e. The molecule has 1 heterocycles. The SMILES string of the molecule is CC(=O)c1c[nH]c(=O)n(-c2cccc(N(C)C)c2)c1=O. The number of nitrogens with one attached hydrogen (secondary N) is 1. The van der Waals surface area contributed by atoms with Gasteiger partial charge in [-0.05, 0) is 25.1 Å². The molecule has 0 atom stereocenters. The van der Waals surface area contributed by atoms with Crippen LogP contribution in [0.3, 0.4) is 0 Å². The summed E-state index contributed by atoms with van der Waals surface area (Å²) < 4.78 is 0.962. The van der Waals surface area contributed by atoms with Gasteiger partial charge in [0.2, 0.25) is 0 Å². The van der Waals surface area contributed by atoms with Crippen LogP contribution in [0.1, 0.15) is 17.3 Å². The maximum atomic E-state index is 12.2. The third kappa shape index (κ3) is 2.40. The van der Waals surface area contributed by atoms with Gasteiger partial charge in [-0.3, -0.25) is 9.59 Å². The molecule has 0 fully saturated rings. The number of ketones is 1. The molecule has 2 aromatic rings. The number of carbonyl (C=O) groups excluding carboxylic acids is 1. The Morgan fingerprint density at radius 1 is 1.25 bits per heavy atom. The summed E-state index contributed by atoms with van der Waals surface area (Å²) in [4.78, 5) is 39.8. The Morgan fingerprint density at radius 2 is 1.95 bits per heavy atom. The molecule has 6 nitrogen and oxygen atoms in total. The molecule has 0 saturated carbocycles. The van der Waals surface area contributed by atoms with Gasteiger partial charge in [0.05, 0.1) is 11.3 Å². The summed E-state index contributed by atoms with van der Waals surface area (Å²) in [5.74, 6) is -0.385. The zero-order valence-electron chi connectivity index (χ0n) is 11.5. The van der Waals surface area contributed by atoms with E-state index in [9.17, 15) is 14.4 Å². The fraction of sp³-hybridized carbons (Fsp3) is 0.214. The molecule has 6 heteroatoms.